The zero-order chi connectivity index (χ0) is 25.7. The van der Waals surface area contributed by atoms with E-state index < -0.39 is 11.9 Å². The Hall–Kier alpha value is -4.40. The zero-order valence-electron chi connectivity index (χ0n) is 20.4. The summed E-state index contributed by atoms with van der Waals surface area (Å²) in [5.41, 5.74) is 8.86. The van der Waals surface area contributed by atoms with E-state index in [-0.39, 0.29) is 17.7 Å². The van der Waals surface area contributed by atoms with Gasteiger partial charge in [0.15, 0.2) is 11.6 Å². The largest absolute Gasteiger partial charge is 0.494 e. The monoisotopic (exact) mass is 488 g/mol. The van der Waals surface area contributed by atoms with Crippen LogP contribution in [0.25, 0.3) is 11.3 Å². The molecule has 0 spiro atoms. The Morgan fingerprint density at radius 1 is 1.14 bits per heavy atom. The first-order chi connectivity index (χ1) is 17.4. The summed E-state index contributed by atoms with van der Waals surface area (Å²) in [5.74, 6) is 0.555. The molecule has 0 radical (unpaired) electrons. The normalized spacial score (nSPS) is 11.8. The molecule has 5 N–H and O–H groups in total. The number of imidazole rings is 1. The van der Waals surface area contributed by atoms with Gasteiger partial charge in [-0.2, -0.15) is 0 Å². The summed E-state index contributed by atoms with van der Waals surface area (Å²) < 4.78 is 27.4. The number of halogens is 1. The minimum atomic E-state index is -0.710. The first-order valence-corrected chi connectivity index (χ1v) is 11.6. The van der Waals surface area contributed by atoms with E-state index >= 15 is 4.39 Å². The van der Waals surface area contributed by atoms with Gasteiger partial charge in [0.1, 0.15) is 23.5 Å². The number of nitrogens with one attached hydrogen (secondary N) is 3. The van der Waals surface area contributed by atoms with Crippen LogP contribution in [0.4, 0.5) is 10.1 Å². The van der Waals surface area contributed by atoms with Crippen LogP contribution in [-0.4, -0.2) is 33.5 Å². The van der Waals surface area contributed by atoms with Gasteiger partial charge in [-0.3, -0.25) is 10.4 Å². The molecule has 1 unspecified atom stereocenters. The Morgan fingerprint density at radius 2 is 1.86 bits per heavy atom. The molecule has 8 nitrogen and oxygen atoms in total. The zero-order valence-corrected chi connectivity index (χ0v) is 20.4. The van der Waals surface area contributed by atoms with Crippen molar-refractivity contribution in [3.63, 3.8) is 0 Å². The number of benzene rings is 2. The molecule has 2 heterocycles. The molecule has 0 aliphatic rings. The summed E-state index contributed by atoms with van der Waals surface area (Å²) in [7, 11) is 0. The molecule has 1 atom stereocenters. The third-order valence-corrected chi connectivity index (χ3v) is 5.39. The van der Waals surface area contributed by atoms with Crippen molar-refractivity contribution < 1.29 is 13.9 Å². The fraction of sp³-hybridized carbons (Fsp3) is 0.222. The number of nitrogen functional groups attached to an aromatic ring is 1. The van der Waals surface area contributed by atoms with Gasteiger partial charge < -0.3 is 25.5 Å². The van der Waals surface area contributed by atoms with Crippen LogP contribution < -0.4 is 20.5 Å². The standard InChI is InChI=1S/C27H29FN6O2/c1-4-35-20-13-21(24(28)23(14-20)36-16(2)3)25(33-19-7-5-18(6-8-19)26(29)30)27-32-15-22(34-27)17-9-11-31-12-10-17/h5-16,25,33H,4H2,1-3H3,(H3,29,30)(H,32,34). The number of ether oxygens (including phenoxy) is 2. The van der Waals surface area contributed by atoms with E-state index in [2.05, 4.69) is 20.3 Å². The highest BCUT2D eigenvalue weighted by molar-refractivity contribution is 5.95. The van der Waals surface area contributed by atoms with Gasteiger partial charge in [-0.05, 0) is 63.2 Å². The maximum Gasteiger partial charge on any atom is 0.171 e. The molecule has 0 fully saturated rings. The molecule has 2 aromatic carbocycles. The summed E-state index contributed by atoms with van der Waals surface area (Å²) in [6.45, 7) is 5.97. The molecular weight excluding hydrogens is 459 g/mol. The lowest BCUT2D eigenvalue weighted by Crippen LogP contribution is -2.18. The van der Waals surface area contributed by atoms with E-state index in [1.54, 1.807) is 55.0 Å². The minimum Gasteiger partial charge on any atom is -0.494 e. The third-order valence-electron chi connectivity index (χ3n) is 5.39. The molecule has 4 rings (SSSR count). The van der Waals surface area contributed by atoms with Crippen molar-refractivity contribution in [1.82, 2.24) is 15.0 Å². The van der Waals surface area contributed by atoms with Crippen molar-refractivity contribution in [2.75, 3.05) is 11.9 Å². The van der Waals surface area contributed by atoms with Crippen LogP contribution in [0.3, 0.4) is 0 Å². The molecular formula is C27H29FN6O2. The highest BCUT2D eigenvalue weighted by atomic mass is 19.1. The topological polar surface area (TPSA) is 122 Å². The van der Waals surface area contributed by atoms with Crippen molar-refractivity contribution >= 4 is 11.5 Å². The Kier molecular flexibility index (Phi) is 7.48. The highest BCUT2D eigenvalue weighted by Crippen LogP contribution is 2.36. The summed E-state index contributed by atoms with van der Waals surface area (Å²) >= 11 is 0. The lowest BCUT2D eigenvalue weighted by Gasteiger charge is -2.22. The second kappa shape index (κ2) is 10.9. The number of hydrogen-bond donors (Lipinski definition) is 4. The third kappa shape index (κ3) is 5.63. The average molecular weight is 489 g/mol. The Labute approximate surface area is 209 Å². The SMILES string of the molecule is CCOc1cc(OC(C)C)c(F)c(C(Nc2ccc(C(=N)N)cc2)c2ncc(-c3ccncc3)[nH]2)c1. The van der Waals surface area contributed by atoms with Crippen LogP contribution in [0.15, 0.2) is 67.1 Å². The summed E-state index contributed by atoms with van der Waals surface area (Å²) in [4.78, 5) is 12.0. The maximum atomic E-state index is 15.9. The second-order valence-corrected chi connectivity index (χ2v) is 8.41. The molecule has 0 saturated heterocycles. The number of aromatic amines is 1. The van der Waals surface area contributed by atoms with E-state index in [0.29, 0.717) is 35.0 Å². The number of hydrogen-bond acceptors (Lipinski definition) is 6. The van der Waals surface area contributed by atoms with E-state index in [0.717, 1.165) is 11.3 Å². The number of nitrogens with two attached hydrogens (primary N) is 1. The predicted molar refractivity (Wildman–Crippen MR) is 138 cm³/mol. The molecule has 0 aliphatic heterocycles. The first kappa shape index (κ1) is 24.7. The van der Waals surface area contributed by atoms with Crippen LogP contribution in [0, 0.1) is 11.2 Å². The van der Waals surface area contributed by atoms with Crippen LogP contribution in [0.2, 0.25) is 0 Å². The van der Waals surface area contributed by atoms with Crippen LogP contribution in [0.5, 0.6) is 11.5 Å². The number of amidine groups is 1. The van der Waals surface area contributed by atoms with Gasteiger partial charge in [-0.1, -0.05) is 0 Å². The average Bonchev–Trinajstić information content (AvgIpc) is 3.35. The van der Waals surface area contributed by atoms with Gasteiger partial charge in [-0.25, -0.2) is 9.37 Å². The molecule has 0 saturated carbocycles. The van der Waals surface area contributed by atoms with E-state index in [9.17, 15) is 0 Å². The number of anilines is 1. The van der Waals surface area contributed by atoms with E-state index in [1.165, 1.54) is 0 Å². The highest BCUT2D eigenvalue weighted by Gasteiger charge is 2.26. The van der Waals surface area contributed by atoms with Crippen molar-refractivity contribution in [1.29, 1.82) is 5.41 Å². The number of rotatable bonds is 10. The van der Waals surface area contributed by atoms with E-state index in [4.69, 9.17) is 20.6 Å². The van der Waals surface area contributed by atoms with E-state index in [1.807, 2.05) is 32.9 Å². The van der Waals surface area contributed by atoms with Gasteiger partial charge in [0, 0.05) is 40.8 Å². The van der Waals surface area contributed by atoms with Crippen molar-refractivity contribution in [3.05, 3.63) is 89.9 Å². The smallest absolute Gasteiger partial charge is 0.171 e. The quantitative estimate of drug-likeness (QED) is 0.178. The van der Waals surface area contributed by atoms with Crippen LogP contribution in [0.1, 0.15) is 43.8 Å². The van der Waals surface area contributed by atoms with Crippen LogP contribution in [-0.2, 0) is 0 Å². The minimum absolute atomic E-state index is 0.0305. The first-order valence-electron chi connectivity index (χ1n) is 11.6. The van der Waals surface area contributed by atoms with Gasteiger partial charge in [0.2, 0.25) is 0 Å². The second-order valence-electron chi connectivity index (χ2n) is 8.41. The Morgan fingerprint density at radius 3 is 2.50 bits per heavy atom. The summed E-state index contributed by atoms with van der Waals surface area (Å²) in [5, 5.41) is 11.0. The maximum absolute atomic E-state index is 15.9. The van der Waals surface area contributed by atoms with Crippen molar-refractivity contribution in [2.45, 2.75) is 32.9 Å². The number of H-pyrrole nitrogens is 1. The molecule has 2 aromatic heterocycles. The number of pyridine rings is 1. The predicted octanol–water partition coefficient (Wildman–Crippen LogP) is 5.28. The Balaban J connectivity index is 1.81. The van der Waals surface area contributed by atoms with Crippen LogP contribution >= 0.6 is 0 Å². The molecule has 4 aromatic rings. The lowest BCUT2D eigenvalue weighted by atomic mass is 10.0. The lowest BCUT2D eigenvalue weighted by molar-refractivity contribution is 0.228. The fourth-order valence-electron chi connectivity index (χ4n) is 3.76. The number of aromatic nitrogens is 3. The number of nitrogens with zero attached hydrogens (tertiary/aromatic N) is 2. The van der Waals surface area contributed by atoms with Gasteiger partial charge in [-0.15, -0.1) is 0 Å². The van der Waals surface area contributed by atoms with Crippen molar-refractivity contribution in [2.24, 2.45) is 5.73 Å². The summed E-state index contributed by atoms with van der Waals surface area (Å²) in [6.07, 6.45) is 4.87. The van der Waals surface area contributed by atoms with Gasteiger partial charge >= 0.3 is 0 Å². The van der Waals surface area contributed by atoms with Gasteiger partial charge in [0.25, 0.3) is 0 Å². The molecule has 0 amide bonds. The summed E-state index contributed by atoms with van der Waals surface area (Å²) in [6, 6.07) is 13.3. The Bertz CT molecular complexity index is 1320. The molecule has 186 valence electrons. The molecule has 0 bridgehead atoms. The fourth-order valence-corrected chi connectivity index (χ4v) is 3.76. The molecule has 0 aliphatic carbocycles. The van der Waals surface area contributed by atoms with Gasteiger partial charge in [0.05, 0.1) is 24.6 Å². The molecule has 9 heteroatoms. The molecule has 36 heavy (non-hydrogen) atoms. The van der Waals surface area contributed by atoms with Crippen molar-refractivity contribution in [3.8, 4) is 22.8 Å².